The molecule has 0 amide bonds. The molecule has 0 saturated carbocycles. The van der Waals surface area contributed by atoms with Gasteiger partial charge in [0.2, 0.25) is 0 Å². The van der Waals surface area contributed by atoms with Crippen LogP contribution in [-0.4, -0.2) is 16.1 Å². The summed E-state index contributed by atoms with van der Waals surface area (Å²) in [7, 11) is -3.57. The van der Waals surface area contributed by atoms with E-state index in [9.17, 15) is 0 Å². The van der Waals surface area contributed by atoms with Gasteiger partial charge in [-0.3, -0.25) is 0 Å². The van der Waals surface area contributed by atoms with E-state index < -0.39 is 16.1 Å². The summed E-state index contributed by atoms with van der Waals surface area (Å²) in [6, 6.07) is 71.2. The lowest BCUT2D eigenvalue weighted by Gasteiger charge is -2.35. The minimum absolute atomic E-state index is 0.00111. The summed E-state index contributed by atoms with van der Waals surface area (Å²) in [6.45, 7) is 26.4. The Hall–Kier alpha value is -6.73. The minimum Gasteiger partial charge on any atom is -0.310 e. The fraction of sp³-hybridized carbons (Fsp3) is 0.188. The van der Waals surface area contributed by atoms with Gasteiger partial charge in [0, 0.05) is 38.9 Å². The fourth-order valence-corrected chi connectivity index (χ4v) is 13.8. The second-order valence-electron chi connectivity index (χ2n) is 22.0. The standard InChI is InChI=1S/C64H64N2Si2/c1-43-36-60(67(6,7)8)54(45-24-16-12-17-25-45)40-56(43)65(50-28-20-14-21-29-50)58-42-59(53-35-33-48-39-49(64(3,4)5)38-47-32-34-52(58)63(53)62(47)48)66(51-30-22-15-23-31-51)57-41-55(46-26-18-13-19-27-46)61(37-44(57)2)68(9,10)11/h12-42H,1-11H3. The first-order valence-electron chi connectivity index (χ1n) is 24.3. The molecule has 0 radical (unpaired) electrons. The molecular weight excluding hydrogens is 853 g/mol. The third kappa shape index (κ3) is 8.14. The number of benzene rings is 10. The van der Waals surface area contributed by atoms with Crippen molar-refractivity contribution in [2.75, 3.05) is 9.80 Å². The summed E-state index contributed by atoms with van der Waals surface area (Å²) in [6.07, 6.45) is 0. The average molecular weight is 917 g/mol. The van der Waals surface area contributed by atoms with Crippen LogP contribution in [0.3, 0.4) is 0 Å². The van der Waals surface area contributed by atoms with E-state index in [-0.39, 0.29) is 5.41 Å². The minimum atomic E-state index is -1.79. The molecule has 0 bridgehead atoms. The number of para-hydroxylation sites is 2. The molecule has 0 atom stereocenters. The van der Waals surface area contributed by atoms with Crippen molar-refractivity contribution >= 4 is 93.0 Å². The Kier molecular flexibility index (Phi) is 11.3. The first-order chi connectivity index (χ1) is 32.5. The summed E-state index contributed by atoms with van der Waals surface area (Å²) in [4.78, 5) is 5.12. The van der Waals surface area contributed by atoms with Crippen molar-refractivity contribution < 1.29 is 0 Å². The Labute approximate surface area is 406 Å². The van der Waals surface area contributed by atoms with E-state index in [4.69, 9.17) is 0 Å². The zero-order chi connectivity index (χ0) is 47.7. The van der Waals surface area contributed by atoms with Crippen molar-refractivity contribution in [3.63, 3.8) is 0 Å². The number of hydrogen-bond acceptors (Lipinski definition) is 2. The smallest absolute Gasteiger partial charge is 0.0784 e. The lowest BCUT2D eigenvalue weighted by atomic mass is 9.83. The first kappa shape index (κ1) is 45.1. The highest BCUT2D eigenvalue weighted by Gasteiger charge is 2.30. The topological polar surface area (TPSA) is 6.48 Å². The molecule has 2 nitrogen and oxygen atoms in total. The van der Waals surface area contributed by atoms with E-state index >= 15 is 0 Å². The lowest BCUT2D eigenvalue weighted by Crippen LogP contribution is -2.39. The van der Waals surface area contributed by atoms with Crippen LogP contribution in [0.15, 0.2) is 188 Å². The predicted molar refractivity (Wildman–Crippen MR) is 305 cm³/mol. The van der Waals surface area contributed by atoms with Gasteiger partial charge in [0.15, 0.2) is 0 Å². The van der Waals surface area contributed by atoms with Crippen molar-refractivity contribution in [1.82, 2.24) is 0 Å². The molecular formula is C64H64N2Si2. The van der Waals surface area contributed by atoms with Crippen LogP contribution in [0, 0.1) is 13.8 Å². The molecule has 338 valence electrons. The van der Waals surface area contributed by atoms with Crippen LogP contribution in [0.4, 0.5) is 34.1 Å². The molecule has 0 unspecified atom stereocenters. The summed E-state index contributed by atoms with van der Waals surface area (Å²) in [5.74, 6) is 0. The van der Waals surface area contributed by atoms with Gasteiger partial charge < -0.3 is 9.80 Å². The van der Waals surface area contributed by atoms with E-state index in [1.165, 1.54) is 93.0 Å². The number of hydrogen-bond donors (Lipinski definition) is 0. The summed E-state index contributed by atoms with van der Waals surface area (Å²) in [5, 5.41) is 10.6. The van der Waals surface area contributed by atoms with Gasteiger partial charge in [-0.15, -0.1) is 0 Å². The van der Waals surface area contributed by atoms with Crippen molar-refractivity contribution in [2.45, 2.75) is 79.3 Å². The van der Waals surface area contributed by atoms with Crippen molar-refractivity contribution in [1.29, 1.82) is 0 Å². The molecule has 4 heteroatoms. The summed E-state index contributed by atoms with van der Waals surface area (Å²) < 4.78 is 0. The van der Waals surface area contributed by atoms with E-state index in [0.717, 1.165) is 22.7 Å². The Morgan fingerprint density at radius 1 is 0.368 bits per heavy atom. The van der Waals surface area contributed by atoms with E-state index in [0.29, 0.717) is 0 Å². The Balaban J connectivity index is 1.37. The molecule has 10 aromatic carbocycles. The molecule has 0 aromatic heterocycles. The highest BCUT2D eigenvalue weighted by atomic mass is 28.3. The Bertz CT molecular complexity index is 3230. The van der Waals surface area contributed by atoms with Gasteiger partial charge in [-0.2, -0.15) is 0 Å². The number of aryl methyl sites for hydroxylation is 2. The van der Waals surface area contributed by atoms with Crippen LogP contribution in [-0.2, 0) is 5.41 Å². The molecule has 10 aromatic rings. The van der Waals surface area contributed by atoms with Gasteiger partial charge in [-0.1, -0.05) is 216 Å². The fourth-order valence-electron chi connectivity index (χ4n) is 10.5. The third-order valence-corrected chi connectivity index (χ3v) is 18.0. The van der Waals surface area contributed by atoms with Crippen LogP contribution in [0.1, 0.15) is 37.5 Å². The maximum absolute atomic E-state index is 2.56. The van der Waals surface area contributed by atoms with Gasteiger partial charge in [-0.05, 0) is 117 Å². The van der Waals surface area contributed by atoms with Crippen LogP contribution in [0.25, 0.3) is 54.6 Å². The van der Waals surface area contributed by atoms with Gasteiger partial charge in [-0.25, -0.2) is 0 Å². The second kappa shape index (κ2) is 17.1. The molecule has 0 N–H and O–H groups in total. The van der Waals surface area contributed by atoms with Crippen molar-refractivity contribution in [2.24, 2.45) is 0 Å². The zero-order valence-corrected chi connectivity index (χ0v) is 43.8. The molecule has 0 aliphatic heterocycles. The average Bonchev–Trinajstić information content (AvgIpc) is 3.32. The molecule has 0 heterocycles. The van der Waals surface area contributed by atoms with Crippen molar-refractivity contribution in [3.8, 4) is 22.3 Å². The monoisotopic (exact) mass is 916 g/mol. The number of nitrogens with zero attached hydrogens (tertiary/aromatic N) is 2. The van der Waals surface area contributed by atoms with Crippen LogP contribution in [0.5, 0.6) is 0 Å². The van der Waals surface area contributed by atoms with Gasteiger partial charge in [0.1, 0.15) is 0 Å². The normalized spacial score (nSPS) is 12.3. The largest absolute Gasteiger partial charge is 0.310 e. The quantitative estimate of drug-likeness (QED) is 0.0996. The summed E-state index contributed by atoms with van der Waals surface area (Å²) >= 11 is 0. The van der Waals surface area contributed by atoms with Crippen LogP contribution in [0.2, 0.25) is 39.3 Å². The zero-order valence-electron chi connectivity index (χ0n) is 41.8. The van der Waals surface area contributed by atoms with Crippen LogP contribution < -0.4 is 20.2 Å². The van der Waals surface area contributed by atoms with E-state index in [1.54, 1.807) is 0 Å². The predicted octanol–water partition coefficient (Wildman–Crippen LogP) is 17.9. The molecule has 0 saturated heterocycles. The SMILES string of the molecule is Cc1cc([Si](C)(C)C)c(-c2ccccc2)cc1N(c1ccccc1)c1cc(N(c2ccccc2)c2cc(-c3ccccc3)c([Si](C)(C)C)cc2C)c2ccc3cc(C(C)(C)C)cc4ccc1c2c43. The lowest BCUT2D eigenvalue weighted by molar-refractivity contribution is 0.591. The van der Waals surface area contributed by atoms with E-state index in [1.807, 2.05) is 0 Å². The molecule has 0 fully saturated rings. The van der Waals surface area contributed by atoms with Gasteiger partial charge in [0.05, 0.1) is 27.5 Å². The number of anilines is 6. The Morgan fingerprint density at radius 3 is 1.09 bits per heavy atom. The highest BCUT2D eigenvalue weighted by molar-refractivity contribution is 6.90. The maximum atomic E-state index is 2.56. The highest BCUT2D eigenvalue weighted by Crippen LogP contribution is 2.52. The second-order valence-corrected chi connectivity index (χ2v) is 32.1. The molecule has 0 aliphatic carbocycles. The molecule has 0 aliphatic rings. The van der Waals surface area contributed by atoms with Gasteiger partial charge >= 0.3 is 0 Å². The van der Waals surface area contributed by atoms with Gasteiger partial charge in [0.25, 0.3) is 0 Å². The van der Waals surface area contributed by atoms with Crippen molar-refractivity contribution in [3.05, 3.63) is 205 Å². The van der Waals surface area contributed by atoms with E-state index in [2.05, 4.69) is 272 Å². The maximum Gasteiger partial charge on any atom is 0.0784 e. The third-order valence-electron chi connectivity index (χ3n) is 14.0. The van der Waals surface area contributed by atoms with Crippen LogP contribution >= 0.6 is 0 Å². The molecule has 0 spiro atoms. The number of rotatable bonds is 10. The molecule has 68 heavy (non-hydrogen) atoms. The summed E-state index contributed by atoms with van der Waals surface area (Å²) in [5.41, 5.74) is 15.9. The molecule has 10 rings (SSSR count). The first-order valence-corrected chi connectivity index (χ1v) is 31.3. The Morgan fingerprint density at radius 2 is 0.735 bits per heavy atom.